The Kier molecular flexibility index (Phi) is 3.50. The molecule has 1 saturated carbocycles. The number of ether oxygens (including phenoxy) is 1. The van der Waals surface area contributed by atoms with Crippen LogP contribution in [0.4, 0.5) is 0 Å². The van der Waals surface area contributed by atoms with Gasteiger partial charge in [0.15, 0.2) is 0 Å². The van der Waals surface area contributed by atoms with Crippen molar-refractivity contribution < 1.29 is 9.39 Å². The highest BCUT2D eigenvalue weighted by molar-refractivity contribution is 5.98. The molecule has 0 aromatic rings. The Morgan fingerprint density at radius 1 is 1.18 bits per heavy atom. The molecule has 0 amide bonds. The summed E-state index contributed by atoms with van der Waals surface area (Å²) in [5.74, 6) is 0. The Morgan fingerprint density at radius 3 is 2.18 bits per heavy atom. The lowest BCUT2D eigenvalue weighted by Crippen LogP contribution is -2.24. The molecule has 0 saturated heterocycles. The molecule has 0 spiro atoms. The SMILES string of the molecule is [B]OC1CCC(OC=C)CC1. The number of hydrogen-bond acceptors (Lipinski definition) is 2. The van der Waals surface area contributed by atoms with Crippen LogP contribution in [0.3, 0.4) is 0 Å². The summed E-state index contributed by atoms with van der Waals surface area (Å²) in [5.41, 5.74) is 0. The van der Waals surface area contributed by atoms with E-state index < -0.39 is 0 Å². The molecule has 1 fully saturated rings. The van der Waals surface area contributed by atoms with Crippen LogP contribution in [-0.2, 0) is 9.39 Å². The summed E-state index contributed by atoms with van der Waals surface area (Å²) < 4.78 is 9.98. The van der Waals surface area contributed by atoms with Gasteiger partial charge >= 0.3 is 0 Å². The normalized spacial score (nSPS) is 31.3. The molecule has 0 aromatic carbocycles. The van der Waals surface area contributed by atoms with E-state index in [-0.39, 0.29) is 6.10 Å². The van der Waals surface area contributed by atoms with Crippen LogP contribution in [0.25, 0.3) is 0 Å². The maximum absolute atomic E-state index is 5.24. The van der Waals surface area contributed by atoms with E-state index in [1.54, 1.807) is 0 Å². The molecule has 0 unspecified atom stereocenters. The molecule has 1 rings (SSSR count). The Labute approximate surface area is 69.0 Å². The minimum Gasteiger partial charge on any atom is -0.499 e. The molecule has 0 heterocycles. The topological polar surface area (TPSA) is 18.5 Å². The molecule has 0 aromatic heterocycles. The van der Waals surface area contributed by atoms with E-state index >= 15 is 0 Å². The van der Waals surface area contributed by atoms with Gasteiger partial charge in [-0.2, -0.15) is 0 Å². The fraction of sp³-hybridized carbons (Fsp3) is 0.750. The van der Waals surface area contributed by atoms with E-state index in [4.69, 9.17) is 17.4 Å². The van der Waals surface area contributed by atoms with Gasteiger partial charge < -0.3 is 9.39 Å². The maximum Gasteiger partial charge on any atom is 0.283 e. The summed E-state index contributed by atoms with van der Waals surface area (Å²) in [7, 11) is 5.06. The van der Waals surface area contributed by atoms with Crippen molar-refractivity contribution in [3.63, 3.8) is 0 Å². The average Bonchev–Trinajstić information content (AvgIpc) is 2.07. The van der Waals surface area contributed by atoms with E-state index in [1.807, 2.05) is 0 Å². The van der Waals surface area contributed by atoms with Crippen molar-refractivity contribution in [2.75, 3.05) is 0 Å². The molecule has 0 aliphatic heterocycles. The van der Waals surface area contributed by atoms with Crippen LogP contribution in [0.2, 0.25) is 0 Å². The quantitative estimate of drug-likeness (QED) is 0.451. The Bertz CT molecular complexity index is 119. The van der Waals surface area contributed by atoms with Gasteiger partial charge in [0.1, 0.15) is 0 Å². The van der Waals surface area contributed by atoms with Crippen molar-refractivity contribution >= 4 is 8.05 Å². The highest BCUT2D eigenvalue weighted by Gasteiger charge is 2.20. The predicted molar refractivity (Wildman–Crippen MR) is 44.2 cm³/mol. The Hall–Kier alpha value is -0.435. The average molecular weight is 152 g/mol. The second-order valence-corrected chi connectivity index (χ2v) is 2.84. The molecule has 0 atom stereocenters. The molecular formula is C8H13BO2. The van der Waals surface area contributed by atoms with Gasteiger partial charge in [0.05, 0.1) is 12.4 Å². The van der Waals surface area contributed by atoms with Crippen LogP contribution < -0.4 is 0 Å². The van der Waals surface area contributed by atoms with Gasteiger partial charge in [-0.3, -0.25) is 0 Å². The molecule has 60 valence electrons. The van der Waals surface area contributed by atoms with Crippen LogP contribution >= 0.6 is 0 Å². The van der Waals surface area contributed by atoms with E-state index in [0.717, 1.165) is 25.7 Å². The second-order valence-electron chi connectivity index (χ2n) is 2.84. The van der Waals surface area contributed by atoms with Crippen LogP contribution in [0.1, 0.15) is 25.7 Å². The van der Waals surface area contributed by atoms with Gasteiger partial charge in [-0.15, -0.1) is 0 Å². The van der Waals surface area contributed by atoms with E-state index in [9.17, 15) is 0 Å². The van der Waals surface area contributed by atoms with Gasteiger partial charge in [0, 0.05) is 6.10 Å². The largest absolute Gasteiger partial charge is 0.499 e. The predicted octanol–water partition coefficient (Wildman–Crippen LogP) is 1.56. The zero-order valence-electron chi connectivity index (χ0n) is 6.66. The minimum absolute atomic E-state index is 0.236. The first-order valence-corrected chi connectivity index (χ1v) is 3.98. The first kappa shape index (κ1) is 8.66. The summed E-state index contributed by atoms with van der Waals surface area (Å²) in [6.07, 6.45) is 6.11. The van der Waals surface area contributed by atoms with E-state index in [2.05, 4.69) is 6.58 Å². The molecule has 0 bridgehead atoms. The molecule has 11 heavy (non-hydrogen) atoms. The lowest BCUT2D eigenvalue weighted by atomic mass is 9.95. The molecule has 0 N–H and O–H groups in total. The van der Waals surface area contributed by atoms with Crippen molar-refractivity contribution in [1.29, 1.82) is 0 Å². The highest BCUT2D eigenvalue weighted by atomic mass is 16.5. The van der Waals surface area contributed by atoms with E-state index in [1.165, 1.54) is 6.26 Å². The van der Waals surface area contributed by atoms with Crippen LogP contribution in [0, 0.1) is 0 Å². The zero-order chi connectivity index (χ0) is 8.10. The molecular weight excluding hydrogens is 139 g/mol. The first-order valence-electron chi connectivity index (χ1n) is 3.98. The number of rotatable bonds is 3. The highest BCUT2D eigenvalue weighted by Crippen LogP contribution is 2.22. The van der Waals surface area contributed by atoms with Crippen molar-refractivity contribution in [2.24, 2.45) is 0 Å². The summed E-state index contributed by atoms with van der Waals surface area (Å²) in [4.78, 5) is 0. The lowest BCUT2D eigenvalue weighted by molar-refractivity contribution is 0.0587. The van der Waals surface area contributed by atoms with Crippen LogP contribution in [-0.4, -0.2) is 20.3 Å². The van der Waals surface area contributed by atoms with Crippen LogP contribution in [0.15, 0.2) is 12.8 Å². The van der Waals surface area contributed by atoms with Crippen LogP contribution in [0.5, 0.6) is 0 Å². The Balaban J connectivity index is 2.18. The fourth-order valence-electron chi connectivity index (χ4n) is 1.44. The third kappa shape index (κ3) is 2.58. The standard InChI is InChI=1S/C8H13BO2/c1-2-10-7-3-5-8(11-9)6-4-7/h2,7-8H,1,3-6H2. The molecule has 3 heteroatoms. The van der Waals surface area contributed by atoms with Gasteiger partial charge in [-0.05, 0) is 25.7 Å². The summed E-state index contributed by atoms with van der Waals surface area (Å²) in [6.45, 7) is 3.52. The minimum atomic E-state index is 0.236. The monoisotopic (exact) mass is 152 g/mol. The second kappa shape index (κ2) is 4.44. The smallest absolute Gasteiger partial charge is 0.283 e. The van der Waals surface area contributed by atoms with Crippen molar-refractivity contribution in [2.45, 2.75) is 37.9 Å². The number of hydrogen-bond donors (Lipinski definition) is 0. The van der Waals surface area contributed by atoms with Gasteiger partial charge in [-0.25, -0.2) is 0 Å². The van der Waals surface area contributed by atoms with Gasteiger partial charge in [0.2, 0.25) is 0 Å². The van der Waals surface area contributed by atoms with Gasteiger partial charge in [0.25, 0.3) is 8.05 Å². The maximum atomic E-state index is 5.24. The summed E-state index contributed by atoms with van der Waals surface area (Å²) in [5, 5.41) is 0. The van der Waals surface area contributed by atoms with Crippen molar-refractivity contribution in [3.05, 3.63) is 12.8 Å². The third-order valence-corrected chi connectivity index (χ3v) is 2.10. The lowest BCUT2D eigenvalue weighted by Gasteiger charge is -2.27. The van der Waals surface area contributed by atoms with Crippen molar-refractivity contribution in [1.82, 2.24) is 0 Å². The fourth-order valence-corrected chi connectivity index (χ4v) is 1.44. The summed E-state index contributed by atoms with van der Waals surface area (Å²) in [6, 6.07) is 0. The van der Waals surface area contributed by atoms with Gasteiger partial charge in [-0.1, -0.05) is 6.58 Å². The molecule has 1 aliphatic carbocycles. The summed E-state index contributed by atoms with van der Waals surface area (Å²) >= 11 is 0. The van der Waals surface area contributed by atoms with E-state index in [0.29, 0.717) is 6.10 Å². The zero-order valence-corrected chi connectivity index (χ0v) is 6.66. The molecule has 2 radical (unpaired) electrons. The molecule has 2 nitrogen and oxygen atoms in total. The third-order valence-electron chi connectivity index (χ3n) is 2.10. The van der Waals surface area contributed by atoms with Crippen molar-refractivity contribution in [3.8, 4) is 0 Å². The first-order chi connectivity index (χ1) is 5.36. The Morgan fingerprint density at radius 2 is 1.73 bits per heavy atom. The molecule has 1 aliphatic rings.